The van der Waals surface area contributed by atoms with Crippen LogP contribution in [0.5, 0.6) is 0 Å². The van der Waals surface area contributed by atoms with Gasteiger partial charge in [-0.2, -0.15) is 5.10 Å². The lowest BCUT2D eigenvalue weighted by Gasteiger charge is -2.04. The molecule has 3 heteroatoms. The van der Waals surface area contributed by atoms with Gasteiger partial charge >= 0.3 is 0 Å². The number of hydrogen-bond donors (Lipinski definition) is 0. The molecule has 0 unspecified atom stereocenters. The molecule has 0 bridgehead atoms. The molecule has 0 aliphatic heterocycles. The van der Waals surface area contributed by atoms with Gasteiger partial charge in [0.1, 0.15) is 0 Å². The molecule has 0 saturated heterocycles. The van der Waals surface area contributed by atoms with Gasteiger partial charge in [0.05, 0.1) is 11.3 Å². The quantitative estimate of drug-likeness (QED) is 0.754. The van der Waals surface area contributed by atoms with Crippen molar-refractivity contribution in [1.82, 2.24) is 9.78 Å². The molecular formula is C14H16N2O. The van der Waals surface area contributed by atoms with E-state index in [1.807, 2.05) is 36.7 Å². The summed E-state index contributed by atoms with van der Waals surface area (Å²) in [5.41, 5.74) is 3.77. The molecule has 1 heterocycles. The molecule has 0 saturated carbocycles. The Morgan fingerprint density at radius 1 is 1.24 bits per heavy atom. The van der Waals surface area contributed by atoms with Crippen LogP contribution in [0.25, 0.3) is 0 Å². The Labute approximate surface area is 101 Å². The largest absolute Gasteiger partial charge is 0.298 e. The summed E-state index contributed by atoms with van der Waals surface area (Å²) < 4.78 is 1.91. The minimum atomic E-state index is 0.720. The van der Waals surface area contributed by atoms with Gasteiger partial charge in [-0.05, 0) is 25.8 Å². The summed E-state index contributed by atoms with van der Waals surface area (Å²) in [6.07, 6.45) is 1.82. The number of aromatic nitrogens is 2. The summed E-state index contributed by atoms with van der Waals surface area (Å²) in [6, 6.07) is 10.3. The van der Waals surface area contributed by atoms with Gasteiger partial charge in [-0.15, -0.1) is 0 Å². The van der Waals surface area contributed by atoms with Gasteiger partial charge in [0.15, 0.2) is 6.29 Å². The molecule has 0 aliphatic carbocycles. The van der Waals surface area contributed by atoms with Gasteiger partial charge in [0.25, 0.3) is 0 Å². The predicted octanol–water partition coefficient (Wildman–Crippen LogP) is 2.56. The first kappa shape index (κ1) is 11.6. The van der Waals surface area contributed by atoms with E-state index in [4.69, 9.17) is 0 Å². The molecule has 0 N–H and O–H groups in total. The summed E-state index contributed by atoms with van der Waals surface area (Å²) in [6.45, 7) is 4.62. The predicted molar refractivity (Wildman–Crippen MR) is 67.2 cm³/mol. The first-order valence-corrected chi connectivity index (χ1v) is 5.75. The van der Waals surface area contributed by atoms with Crippen LogP contribution in [-0.2, 0) is 13.0 Å². The van der Waals surface area contributed by atoms with Crippen LogP contribution in [-0.4, -0.2) is 16.1 Å². The maximum Gasteiger partial charge on any atom is 0.153 e. The number of carbonyl (C=O) groups excluding carboxylic acids is 1. The smallest absolute Gasteiger partial charge is 0.153 e. The molecule has 2 aromatic rings. The molecular weight excluding hydrogens is 212 g/mol. The Morgan fingerprint density at radius 2 is 1.94 bits per heavy atom. The lowest BCUT2D eigenvalue weighted by Crippen LogP contribution is -2.05. The monoisotopic (exact) mass is 228 g/mol. The highest BCUT2D eigenvalue weighted by atomic mass is 16.1. The molecule has 0 spiro atoms. The van der Waals surface area contributed by atoms with Gasteiger partial charge in [-0.3, -0.25) is 9.48 Å². The highest BCUT2D eigenvalue weighted by Gasteiger charge is 2.09. The lowest BCUT2D eigenvalue weighted by atomic mass is 10.1. The third-order valence-electron chi connectivity index (χ3n) is 3.01. The van der Waals surface area contributed by atoms with Crippen LogP contribution in [0.2, 0.25) is 0 Å². The third-order valence-corrected chi connectivity index (χ3v) is 3.01. The van der Waals surface area contributed by atoms with Crippen molar-refractivity contribution in [3.63, 3.8) is 0 Å². The van der Waals surface area contributed by atoms with Gasteiger partial charge in [0.2, 0.25) is 0 Å². The number of nitrogens with zero attached hydrogens (tertiary/aromatic N) is 2. The second-order valence-corrected chi connectivity index (χ2v) is 4.16. The molecule has 0 amide bonds. The first-order chi connectivity index (χ1) is 8.22. The molecule has 1 aromatic carbocycles. The second-order valence-electron chi connectivity index (χ2n) is 4.16. The molecule has 88 valence electrons. The third kappa shape index (κ3) is 2.44. The van der Waals surface area contributed by atoms with E-state index >= 15 is 0 Å². The fourth-order valence-corrected chi connectivity index (χ4v) is 1.98. The van der Waals surface area contributed by atoms with Crippen LogP contribution in [0.15, 0.2) is 30.3 Å². The van der Waals surface area contributed by atoms with Gasteiger partial charge in [0, 0.05) is 12.2 Å². The molecule has 0 atom stereocenters. The Bertz CT molecular complexity index is 515. The van der Waals surface area contributed by atoms with Crippen molar-refractivity contribution < 1.29 is 4.79 Å². The van der Waals surface area contributed by atoms with E-state index in [0.717, 1.165) is 36.2 Å². The zero-order valence-corrected chi connectivity index (χ0v) is 10.2. The SMILES string of the molecule is Cc1nn(CCc2ccccc2)c(C)c1C=O. The van der Waals surface area contributed by atoms with Gasteiger partial charge in [-0.1, -0.05) is 30.3 Å². The van der Waals surface area contributed by atoms with Crippen molar-refractivity contribution in [3.8, 4) is 0 Å². The highest BCUT2D eigenvalue weighted by molar-refractivity contribution is 5.77. The lowest BCUT2D eigenvalue weighted by molar-refractivity contribution is 0.112. The van der Waals surface area contributed by atoms with E-state index in [0.29, 0.717) is 0 Å². The number of rotatable bonds is 4. The molecule has 2 rings (SSSR count). The molecule has 3 nitrogen and oxygen atoms in total. The highest BCUT2D eigenvalue weighted by Crippen LogP contribution is 2.11. The first-order valence-electron chi connectivity index (χ1n) is 5.75. The van der Waals surface area contributed by atoms with E-state index in [-0.39, 0.29) is 0 Å². The Kier molecular flexibility index (Phi) is 3.38. The van der Waals surface area contributed by atoms with Crippen LogP contribution in [0, 0.1) is 13.8 Å². The maximum atomic E-state index is 10.9. The number of benzene rings is 1. The number of aldehydes is 1. The fraction of sp³-hybridized carbons (Fsp3) is 0.286. The maximum absolute atomic E-state index is 10.9. The standard InChI is InChI=1S/C14H16N2O/c1-11-14(10-17)12(2)16(15-11)9-8-13-6-4-3-5-7-13/h3-7,10H,8-9H2,1-2H3. The molecule has 1 aromatic heterocycles. The number of carbonyl (C=O) groups is 1. The topological polar surface area (TPSA) is 34.9 Å². The summed E-state index contributed by atoms with van der Waals surface area (Å²) in [5, 5.41) is 4.38. The summed E-state index contributed by atoms with van der Waals surface area (Å²) in [4.78, 5) is 10.9. The second kappa shape index (κ2) is 4.95. The Hall–Kier alpha value is -1.90. The Morgan fingerprint density at radius 3 is 2.53 bits per heavy atom. The minimum absolute atomic E-state index is 0.720. The van der Waals surface area contributed by atoms with Crippen molar-refractivity contribution in [2.75, 3.05) is 0 Å². The molecule has 0 radical (unpaired) electrons. The van der Waals surface area contributed by atoms with E-state index in [1.54, 1.807) is 0 Å². The molecule has 0 fully saturated rings. The fourth-order valence-electron chi connectivity index (χ4n) is 1.98. The summed E-state index contributed by atoms with van der Waals surface area (Å²) in [5.74, 6) is 0. The van der Waals surface area contributed by atoms with Crippen LogP contribution in [0.3, 0.4) is 0 Å². The number of hydrogen-bond acceptors (Lipinski definition) is 2. The van der Waals surface area contributed by atoms with Crippen LogP contribution in [0.4, 0.5) is 0 Å². The van der Waals surface area contributed by atoms with E-state index in [1.165, 1.54) is 5.56 Å². The minimum Gasteiger partial charge on any atom is -0.298 e. The van der Waals surface area contributed by atoms with Crippen molar-refractivity contribution in [2.24, 2.45) is 0 Å². The normalized spacial score (nSPS) is 10.5. The molecule has 17 heavy (non-hydrogen) atoms. The van der Waals surface area contributed by atoms with Crippen molar-refractivity contribution >= 4 is 6.29 Å². The van der Waals surface area contributed by atoms with E-state index < -0.39 is 0 Å². The van der Waals surface area contributed by atoms with Crippen LogP contribution in [0.1, 0.15) is 27.3 Å². The zero-order valence-electron chi connectivity index (χ0n) is 10.2. The van der Waals surface area contributed by atoms with Crippen LogP contribution >= 0.6 is 0 Å². The van der Waals surface area contributed by atoms with Gasteiger partial charge in [-0.25, -0.2) is 0 Å². The van der Waals surface area contributed by atoms with Crippen LogP contribution < -0.4 is 0 Å². The summed E-state index contributed by atoms with van der Waals surface area (Å²) >= 11 is 0. The van der Waals surface area contributed by atoms with Crippen molar-refractivity contribution in [1.29, 1.82) is 0 Å². The zero-order chi connectivity index (χ0) is 12.3. The van der Waals surface area contributed by atoms with E-state index in [2.05, 4.69) is 17.2 Å². The number of aryl methyl sites for hydroxylation is 3. The molecule has 0 aliphatic rings. The average Bonchev–Trinajstić information content (AvgIpc) is 2.63. The van der Waals surface area contributed by atoms with Gasteiger partial charge < -0.3 is 0 Å². The average molecular weight is 228 g/mol. The summed E-state index contributed by atoms with van der Waals surface area (Å²) in [7, 11) is 0. The Balaban J connectivity index is 2.12. The van der Waals surface area contributed by atoms with Crippen molar-refractivity contribution in [3.05, 3.63) is 52.8 Å². The van der Waals surface area contributed by atoms with E-state index in [9.17, 15) is 4.79 Å². The van der Waals surface area contributed by atoms with Crippen molar-refractivity contribution in [2.45, 2.75) is 26.8 Å².